The van der Waals surface area contributed by atoms with E-state index in [-0.39, 0.29) is 17.3 Å². The Kier molecular flexibility index (Phi) is 3.20. The highest BCUT2D eigenvalue weighted by Gasteiger charge is 2.86. The molecule has 0 N–H and O–H groups in total. The minimum absolute atomic E-state index is 0.137. The molecule has 124 valence electrons. The lowest BCUT2D eigenvalue weighted by molar-refractivity contribution is 0.0322. The van der Waals surface area contributed by atoms with Crippen LogP contribution in [-0.2, 0) is 4.74 Å². The van der Waals surface area contributed by atoms with Gasteiger partial charge in [-0.15, -0.1) is 23.2 Å². The van der Waals surface area contributed by atoms with Gasteiger partial charge in [-0.25, -0.2) is 4.79 Å². The molecule has 4 rings (SSSR count). The van der Waals surface area contributed by atoms with Crippen LogP contribution < -0.4 is 0 Å². The zero-order valence-electron chi connectivity index (χ0n) is 13.7. The SMILES string of the molecule is CC1(C)[C@@H]2[C@H]1C[C@H](COC(=O)c1ccccc1)[C@]1(C)[C@@H]2C1(Cl)Cl. The number of fused-ring (bicyclic) bond motifs is 3. The molecule has 1 aromatic carbocycles. The maximum Gasteiger partial charge on any atom is 0.338 e. The molecule has 0 aliphatic heterocycles. The number of carbonyl (C=O) groups excluding carboxylic acids is 1. The van der Waals surface area contributed by atoms with Crippen molar-refractivity contribution in [1.82, 2.24) is 0 Å². The van der Waals surface area contributed by atoms with Crippen LogP contribution in [0.3, 0.4) is 0 Å². The summed E-state index contributed by atoms with van der Waals surface area (Å²) in [6.07, 6.45) is 1.05. The van der Waals surface area contributed by atoms with E-state index in [4.69, 9.17) is 27.9 Å². The number of benzene rings is 1. The first-order valence-corrected chi connectivity index (χ1v) is 9.08. The Labute approximate surface area is 147 Å². The van der Waals surface area contributed by atoms with E-state index in [2.05, 4.69) is 20.8 Å². The van der Waals surface area contributed by atoms with E-state index in [1.54, 1.807) is 12.1 Å². The van der Waals surface area contributed by atoms with Gasteiger partial charge in [0.05, 0.1) is 12.2 Å². The molecule has 0 unspecified atom stereocenters. The standard InChI is InChI=1S/C19H22Cl2O2/c1-17(2)13-9-12(18(3)15(14(13)17)19(18,20)21)10-23-16(22)11-7-5-4-6-8-11/h4-8,12-15H,9-10H2,1-3H3/t12-,13-,14-,15-,18-/m1/s1. The van der Waals surface area contributed by atoms with Gasteiger partial charge in [0, 0.05) is 17.3 Å². The zero-order chi connectivity index (χ0) is 16.6. The third-order valence-electron chi connectivity index (χ3n) is 6.98. The van der Waals surface area contributed by atoms with Crippen molar-refractivity contribution in [3.63, 3.8) is 0 Å². The molecule has 0 radical (unpaired) electrons. The van der Waals surface area contributed by atoms with Gasteiger partial charge in [-0.05, 0) is 35.8 Å². The summed E-state index contributed by atoms with van der Waals surface area (Å²) in [4.78, 5) is 12.2. The van der Waals surface area contributed by atoms with Gasteiger partial charge >= 0.3 is 5.97 Å². The lowest BCUT2D eigenvalue weighted by Crippen LogP contribution is -2.28. The molecule has 0 aromatic heterocycles. The zero-order valence-corrected chi connectivity index (χ0v) is 15.2. The molecule has 1 aromatic rings. The van der Waals surface area contributed by atoms with Gasteiger partial charge in [0.2, 0.25) is 0 Å². The molecule has 0 spiro atoms. The number of carbonyl (C=O) groups is 1. The van der Waals surface area contributed by atoms with Crippen LogP contribution in [0.1, 0.15) is 37.6 Å². The number of hydrogen-bond acceptors (Lipinski definition) is 2. The lowest BCUT2D eigenvalue weighted by atomic mass is 9.80. The highest BCUT2D eigenvalue weighted by molar-refractivity contribution is 6.52. The molecule has 5 atom stereocenters. The fraction of sp³-hybridized carbons (Fsp3) is 0.632. The van der Waals surface area contributed by atoms with Crippen molar-refractivity contribution in [2.24, 2.45) is 34.5 Å². The molecule has 2 nitrogen and oxygen atoms in total. The van der Waals surface area contributed by atoms with Crippen molar-refractivity contribution in [1.29, 1.82) is 0 Å². The van der Waals surface area contributed by atoms with Gasteiger partial charge in [-0.2, -0.15) is 0 Å². The van der Waals surface area contributed by atoms with E-state index >= 15 is 0 Å². The third kappa shape index (κ3) is 1.97. The highest BCUT2D eigenvalue weighted by atomic mass is 35.5. The van der Waals surface area contributed by atoms with Crippen LogP contribution in [0.15, 0.2) is 30.3 Å². The maximum atomic E-state index is 12.2. The molecule has 0 amide bonds. The summed E-state index contributed by atoms with van der Waals surface area (Å²) in [5.74, 6) is 1.56. The predicted molar refractivity (Wildman–Crippen MR) is 91.6 cm³/mol. The minimum atomic E-state index is -0.677. The third-order valence-corrected chi connectivity index (χ3v) is 8.27. The van der Waals surface area contributed by atoms with E-state index in [1.807, 2.05) is 18.2 Å². The number of alkyl halides is 2. The molecule has 4 heteroatoms. The van der Waals surface area contributed by atoms with Crippen LogP contribution >= 0.6 is 23.2 Å². The van der Waals surface area contributed by atoms with E-state index in [0.29, 0.717) is 35.3 Å². The lowest BCUT2D eigenvalue weighted by Gasteiger charge is -2.28. The summed E-state index contributed by atoms with van der Waals surface area (Å²) >= 11 is 13.3. The average molecular weight is 353 g/mol. The Balaban J connectivity index is 1.49. The van der Waals surface area contributed by atoms with Gasteiger partial charge in [-0.3, -0.25) is 0 Å². The monoisotopic (exact) mass is 352 g/mol. The molecule has 3 saturated carbocycles. The van der Waals surface area contributed by atoms with Crippen molar-refractivity contribution in [3.8, 4) is 0 Å². The number of hydrogen-bond donors (Lipinski definition) is 0. The van der Waals surface area contributed by atoms with E-state index in [9.17, 15) is 4.79 Å². The molecule has 0 saturated heterocycles. The number of rotatable bonds is 3. The highest BCUT2D eigenvalue weighted by Crippen LogP contribution is 2.87. The van der Waals surface area contributed by atoms with E-state index in [1.165, 1.54) is 0 Å². The predicted octanol–water partition coefficient (Wildman–Crippen LogP) is 4.95. The first-order valence-electron chi connectivity index (χ1n) is 8.32. The Morgan fingerprint density at radius 1 is 1.22 bits per heavy atom. The van der Waals surface area contributed by atoms with Crippen LogP contribution in [0.5, 0.6) is 0 Å². The fourth-order valence-corrected chi connectivity index (χ4v) is 6.39. The van der Waals surface area contributed by atoms with Crippen LogP contribution in [0.4, 0.5) is 0 Å². The van der Waals surface area contributed by atoms with Crippen LogP contribution in [0.2, 0.25) is 0 Å². The van der Waals surface area contributed by atoms with Crippen molar-refractivity contribution in [2.75, 3.05) is 6.61 Å². The largest absolute Gasteiger partial charge is 0.462 e. The molecule has 3 fully saturated rings. The van der Waals surface area contributed by atoms with Gasteiger partial charge in [-0.1, -0.05) is 39.0 Å². The van der Waals surface area contributed by atoms with Crippen molar-refractivity contribution in [2.45, 2.75) is 31.5 Å². The number of esters is 1. The normalized spacial score (nSPS) is 41.4. The summed E-state index contributed by atoms with van der Waals surface area (Å²) in [6.45, 7) is 7.19. The summed E-state index contributed by atoms with van der Waals surface area (Å²) < 4.78 is 4.93. The van der Waals surface area contributed by atoms with Crippen molar-refractivity contribution in [3.05, 3.63) is 35.9 Å². The Bertz CT molecular complexity index is 655. The second-order valence-corrected chi connectivity index (χ2v) is 9.62. The van der Waals surface area contributed by atoms with E-state index in [0.717, 1.165) is 6.42 Å². The second kappa shape index (κ2) is 4.67. The quantitative estimate of drug-likeness (QED) is 0.568. The summed E-state index contributed by atoms with van der Waals surface area (Å²) in [7, 11) is 0. The van der Waals surface area contributed by atoms with Crippen LogP contribution in [-0.4, -0.2) is 16.9 Å². The maximum absolute atomic E-state index is 12.2. The molecular weight excluding hydrogens is 331 g/mol. The topological polar surface area (TPSA) is 26.3 Å². The van der Waals surface area contributed by atoms with Crippen molar-refractivity contribution < 1.29 is 9.53 Å². The number of halogens is 2. The molecule has 23 heavy (non-hydrogen) atoms. The fourth-order valence-electron chi connectivity index (χ4n) is 5.23. The van der Waals surface area contributed by atoms with Crippen LogP contribution in [0, 0.1) is 34.5 Å². The Hall–Kier alpha value is -0.730. The molecule has 3 aliphatic carbocycles. The molecular formula is C19H22Cl2O2. The van der Waals surface area contributed by atoms with Crippen LogP contribution in [0.25, 0.3) is 0 Å². The minimum Gasteiger partial charge on any atom is -0.462 e. The van der Waals surface area contributed by atoms with Crippen molar-refractivity contribution >= 4 is 29.2 Å². The molecule has 0 heterocycles. The summed E-state index contributed by atoms with van der Waals surface area (Å²) in [5.41, 5.74) is 0.769. The second-order valence-electron chi connectivity index (χ2n) is 8.23. The molecule has 0 bridgehead atoms. The molecule has 3 aliphatic rings. The first kappa shape index (κ1) is 15.8. The average Bonchev–Trinajstić information content (AvgIpc) is 3.23. The Morgan fingerprint density at radius 2 is 1.87 bits per heavy atom. The number of ether oxygens (including phenoxy) is 1. The smallest absolute Gasteiger partial charge is 0.338 e. The van der Waals surface area contributed by atoms with E-state index < -0.39 is 4.33 Å². The Morgan fingerprint density at radius 3 is 2.52 bits per heavy atom. The van der Waals surface area contributed by atoms with Gasteiger partial charge in [0.25, 0.3) is 0 Å². The van der Waals surface area contributed by atoms with Gasteiger partial charge in [0.1, 0.15) is 4.33 Å². The van der Waals surface area contributed by atoms with Gasteiger partial charge < -0.3 is 4.74 Å². The summed E-state index contributed by atoms with van der Waals surface area (Å²) in [6, 6.07) is 9.12. The van der Waals surface area contributed by atoms with Gasteiger partial charge in [0.15, 0.2) is 0 Å². The first-order chi connectivity index (χ1) is 10.7. The summed E-state index contributed by atoms with van der Waals surface area (Å²) in [5, 5.41) is 0.